The predicted molar refractivity (Wildman–Crippen MR) is 83.7 cm³/mol. The first kappa shape index (κ1) is 13.5. The second kappa shape index (κ2) is 5.79. The van der Waals surface area contributed by atoms with Crippen LogP contribution >= 0.6 is 34.4 Å². The van der Waals surface area contributed by atoms with Gasteiger partial charge in [0.1, 0.15) is 0 Å². The molecule has 0 saturated heterocycles. The molecule has 94 valence electrons. The lowest BCUT2D eigenvalue weighted by atomic mass is 10.3. The zero-order valence-corrected chi connectivity index (χ0v) is 13.2. The van der Waals surface area contributed by atoms with Crippen LogP contribution in [0.2, 0.25) is 0 Å². The first-order valence-corrected chi connectivity index (χ1v) is 7.48. The Bertz CT molecular complexity index is 599. The van der Waals surface area contributed by atoms with Crippen molar-refractivity contribution in [3.63, 3.8) is 0 Å². The van der Waals surface area contributed by atoms with Crippen LogP contribution in [0.1, 0.15) is 0 Å². The largest absolute Gasteiger partial charge is 0.369 e. The minimum Gasteiger partial charge on any atom is -0.369 e. The zero-order valence-electron chi connectivity index (χ0n) is 10.3. The monoisotopic (exact) mass is 373 g/mol. The van der Waals surface area contributed by atoms with E-state index in [9.17, 15) is 0 Å². The fourth-order valence-electron chi connectivity index (χ4n) is 1.33. The molecule has 0 radical (unpaired) electrons. The van der Waals surface area contributed by atoms with E-state index in [1.807, 2.05) is 25.3 Å². The van der Waals surface area contributed by atoms with Crippen LogP contribution in [-0.2, 0) is 0 Å². The van der Waals surface area contributed by atoms with Gasteiger partial charge in [0.25, 0.3) is 0 Å². The van der Waals surface area contributed by atoms with Gasteiger partial charge in [-0.05, 0) is 28.8 Å². The lowest BCUT2D eigenvalue weighted by molar-refractivity contribution is 0.643. The van der Waals surface area contributed by atoms with Gasteiger partial charge in [-0.3, -0.25) is 0 Å². The van der Waals surface area contributed by atoms with E-state index in [4.69, 9.17) is 0 Å². The first-order valence-electron chi connectivity index (χ1n) is 5.17. The van der Waals surface area contributed by atoms with Crippen LogP contribution in [0.15, 0.2) is 22.5 Å². The number of nitrogens with zero attached hydrogens (tertiary/aromatic N) is 5. The number of aliphatic imine (C=N–C) groups is 1. The Kier molecular flexibility index (Phi) is 4.33. The van der Waals surface area contributed by atoms with E-state index < -0.39 is 0 Å². The third-order valence-electron chi connectivity index (χ3n) is 2.13. The maximum Gasteiger partial charge on any atom is 0.187 e. The SMILES string of the molecule is CSc1ncc2c(/N=C\N(C)C)ncc(I)c2n1. The molecule has 2 aromatic heterocycles. The molecule has 0 N–H and O–H groups in total. The van der Waals surface area contributed by atoms with Crippen molar-refractivity contribution in [2.45, 2.75) is 5.16 Å². The van der Waals surface area contributed by atoms with Crippen LogP contribution in [-0.4, -0.2) is 46.5 Å². The topological polar surface area (TPSA) is 54.3 Å². The molecule has 2 heterocycles. The van der Waals surface area contributed by atoms with Crippen LogP contribution in [0.5, 0.6) is 0 Å². The van der Waals surface area contributed by atoms with Crippen molar-refractivity contribution < 1.29 is 0 Å². The van der Waals surface area contributed by atoms with Crippen molar-refractivity contribution in [2.75, 3.05) is 20.4 Å². The van der Waals surface area contributed by atoms with Gasteiger partial charge in [-0.1, -0.05) is 11.8 Å². The molecular weight excluding hydrogens is 361 g/mol. The molecule has 0 aliphatic rings. The zero-order chi connectivity index (χ0) is 13.1. The van der Waals surface area contributed by atoms with E-state index in [0.29, 0.717) is 5.82 Å². The van der Waals surface area contributed by atoms with Gasteiger partial charge in [0.2, 0.25) is 0 Å². The maximum atomic E-state index is 4.50. The second-order valence-electron chi connectivity index (χ2n) is 3.76. The second-order valence-corrected chi connectivity index (χ2v) is 5.69. The van der Waals surface area contributed by atoms with Crippen molar-refractivity contribution in [2.24, 2.45) is 4.99 Å². The van der Waals surface area contributed by atoms with Crippen molar-refractivity contribution in [3.05, 3.63) is 16.0 Å². The Labute approximate surface area is 123 Å². The van der Waals surface area contributed by atoms with Crippen LogP contribution in [0.3, 0.4) is 0 Å². The molecule has 0 fully saturated rings. The summed E-state index contributed by atoms with van der Waals surface area (Å²) in [5.74, 6) is 0.645. The number of fused-ring (bicyclic) bond motifs is 1. The summed E-state index contributed by atoms with van der Waals surface area (Å²) in [5.41, 5.74) is 0.899. The maximum absolute atomic E-state index is 4.50. The Hall–Kier alpha value is -0.960. The molecule has 0 amide bonds. The van der Waals surface area contributed by atoms with Gasteiger partial charge in [0.15, 0.2) is 11.0 Å². The smallest absolute Gasteiger partial charge is 0.187 e. The quantitative estimate of drug-likeness (QED) is 0.272. The van der Waals surface area contributed by atoms with E-state index in [2.05, 4.69) is 42.5 Å². The summed E-state index contributed by atoms with van der Waals surface area (Å²) in [4.78, 5) is 19.3. The van der Waals surface area contributed by atoms with E-state index in [1.54, 1.807) is 18.7 Å². The van der Waals surface area contributed by atoms with Gasteiger partial charge in [-0.25, -0.2) is 19.9 Å². The number of halogens is 1. The fourth-order valence-corrected chi connectivity index (χ4v) is 2.22. The standard InChI is InChI=1S/C11H12IN5S/c1-17(2)6-15-10-7-4-14-11(18-3)16-9(7)8(12)5-13-10/h4-6H,1-3H3/b15-6-. The lowest BCUT2D eigenvalue weighted by Gasteiger charge is -2.05. The predicted octanol–water partition coefficient (Wildman–Crippen LogP) is 2.57. The Morgan fingerprint density at radius 1 is 1.33 bits per heavy atom. The summed E-state index contributed by atoms with van der Waals surface area (Å²) in [7, 11) is 3.83. The Balaban J connectivity index is 2.59. The average molecular weight is 373 g/mol. The van der Waals surface area contributed by atoms with Crippen molar-refractivity contribution in [1.29, 1.82) is 0 Å². The van der Waals surface area contributed by atoms with Crippen molar-refractivity contribution in [3.8, 4) is 0 Å². The van der Waals surface area contributed by atoms with E-state index in [1.165, 1.54) is 11.8 Å². The van der Waals surface area contributed by atoms with Crippen LogP contribution in [0.25, 0.3) is 10.9 Å². The molecule has 0 spiro atoms. The molecule has 18 heavy (non-hydrogen) atoms. The Morgan fingerprint density at radius 2 is 2.11 bits per heavy atom. The summed E-state index contributed by atoms with van der Waals surface area (Å²) >= 11 is 3.75. The molecule has 0 aliphatic heterocycles. The van der Waals surface area contributed by atoms with E-state index in [0.717, 1.165) is 19.6 Å². The molecule has 0 saturated carbocycles. The fraction of sp³-hybridized carbons (Fsp3) is 0.273. The van der Waals surface area contributed by atoms with Crippen molar-refractivity contribution >= 4 is 57.4 Å². The van der Waals surface area contributed by atoms with E-state index >= 15 is 0 Å². The Morgan fingerprint density at radius 3 is 2.78 bits per heavy atom. The normalized spacial score (nSPS) is 11.3. The number of hydrogen-bond acceptors (Lipinski definition) is 5. The molecular formula is C11H12IN5S. The van der Waals surface area contributed by atoms with Crippen LogP contribution in [0, 0.1) is 3.57 Å². The van der Waals surface area contributed by atoms with Crippen LogP contribution in [0.4, 0.5) is 5.82 Å². The van der Waals surface area contributed by atoms with Crippen molar-refractivity contribution in [1.82, 2.24) is 19.9 Å². The lowest BCUT2D eigenvalue weighted by Crippen LogP contribution is -2.07. The number of rotatable bonds is 3. The summed E-state index contributed by atoms with van der Waals surface area (Å²) in [5, 5.41) is 1.63. The molecule has 0 aliphatic carbocycles. The third-order valence-corrected chi connectivity index (χ3v) is 3.48. The molecule has 5 nitrogen and oxygen atoms in total. The van der Waals surface area contributed by atoms with Gasteiger partial charge < -0.3 is 4.90 Å². The third kappa shape index (κ3) is 2.89. The highest BCUT2D eigenvalue weighted by atomic mass is 127. The van der Waals surface area contributed by atoms with Gasteiger partial charge >= 0.3 is 0 Å². The number of pyridine rings is 1. The number of hydrogen-bond donors (Lipinski definition) is 0. The first-order chi connectivity index (χ1) is 8.61. The highest BCUT2D eigenvalue weighted by molar-refractivity contribution is 14.1. The number of aromatic nitrogens is 3. The highest BCUT2D eigenvalue weighted by Crippen LogP contribution is 2.26. The van der Waals surface area contributed by atoms with Gasteiger partial charge in [-0.15, -0.1) is 0 Å². The summed E-state index contributed by atoms with van der Waals surface area (Å²) in [6.07, 6.45) is 7.24. The van der Waals surface area contributed by atoms with Gasteiger partial charge in [0.05, 0.1) is 20.8 Å². The average Bonchev–Trinajstić information content (AvgIpc) is 2.37. The highest BCUT2D eigenvalue weighted by Gasteiger charge is 2.08. The summed E-state index contributed by atoms with van der Waals surface area (Å²) in [6, 6.07) is 0. The summed E-state index contributed by atoms with van der Waals surface area (Å²) < 4.78 is 1.00. The van der Waals surface area contributed by atoms with E-state index in [-0.39, 0.29) is 0 Å². The summed E-state index contributed by atoms with van der Waals surface area (Å²) in [6.45, 7) is 0. The molecule has 2 rings (SSSR count). The molecule has 0 unspecified atom stereocenters. The molecule has 0 aromatic carbocycles. The van der Waals surface area contributed by atoms with Gasteiger partial charge in [-0.2, -0.15) is 0 Å². The molecule has 0 bridgehead atoms. The van der Waals surface area contributed by atoms with Gasteiger partial charge in [0, 0.05) is 26.5 Å². The minimum absolute atomic E-state index is 0.645. The molecule has 7 heteroatoms. The minimum atomic E-state index is 0.645. The molecule has 2 aromatic rings. The molecule has 0 atom stereocenters. The van der Waals surface area contributed by atoms with Crippen LogP contribution < -0.4 is 0 Å². The number of thioether (sulfide) groups is 1.